The first-order valence-electron chi connectivity index (χ1n) is 11.3. The van der Waals surface area contributed by atoms with E-state index in [0.717, 1.165) is 35.6 Å². The Labute approximate surface area is 194 Å². The fourth-order valence-corrected chi connectivity index (χ4v) is 4.02. The molecule has 2 amide bonds. The Bertz CT molecular complexity index is 1180. The van der Waals surface area contributed by atoms with E-state index in [1.54, 1.807) is 13.2 Å². The first kappa shape index (κ1) is 22.6. The summed E-state index contributed by atoms with van der Waals surface area (Å²) in [5.41, 5.74) is 3.81. The smallest absolute Gasteiger partial charge is 0.254 e. The number of carbonyl (C=O) groups excluding carboxylic acids is 2. The Kier molecular flexibility index (Phi) is 6.49. The molecule has 7 heteroatoms. The number of anilines is 2. The zero-order chi connectivity index (χ0) is 23.5. The van der Waals surface area contributed by atoms with Gasteiger partial charge in [-0.15, -0.1) is 0 Å². The molecule has 33 heavy (non-hydrogen) atoms. The summed E-state index contributed by atoms with van der Waals surface area (Å²) >= 11 is 0. The molecular weight excluding hydrogens is 416 g/mol. The average Bonchev–Trinajstić information content (AvgIpc) is 2.83. The second-order valence-corrected chi connectivity index (χ2v) is 8.67. The van der Waals surface area contributed by atoms with Crippen molar-refractivity contribution in [1.29, 1.82) is 0 Å². The maximum absolute atomic E-state index is 13.6. The summed E-state index contributed by atoms with van der Waals surface area (Å²) in [6.45, 7) is 8.28. The highest BCUT2D eigenvalue weighted by molar-refractivity contribution is 6.08. The van der Waals surface area contributed by atoms with Crippen molar-refractivity contribution in [2.24, 2.45) is 5.92 Å². The molecule has 172 valence electrons. The fourth-order valence-electron chi connectivity index (χ4n) is 4.02. The third kappa shape index (κ3) is 4.92. The number of carbonyl (C=O) groups is 2. The van der Waals surface area contributed by atoms with Gasteiger partial charge in [-0.3, -0.25) is 14.6 Å². The van der Waals surface area contributed by atoms with Crippen molar-refractivity contribution in [2.75, 3.05) is 43.5 Å². The van der Waals surface area contributed by atoms with Crippen LogP contribution in [0.3, 0.4) is 0 Å². The lowest BCUT2D eigenvalue weighted by Crippen LogP contribution is -2.48. The molecule has 0 atom stereocenters. The quantitative estimate of drug-likeness (QED) is 0.639. The van der Waals surface area contributed by atoms with Crippen LogP contribution >= 0.6 is 0 Å². The minimum atomic E-state index is -0.157. The summed E-state index contributed by atoms with van der Waals surface area (Å²) in [5.74, 6) is 0.527. The Balaban J connectivity index is 1.58. The van der Waals surface area contributed by atoms with Crippen LogP contribution in [0.1, 0.15) is 29.9 Å². The standard InChI is InChI=1S/C26H30N4O3/c1-17(2)25(31)28-19-14-23(22-9-8-18(3)27-24(22)15-19)26(32)30-12-10-29(11-13-30)20-6-5-7-21(16-20)33-4/h5-9,14-17H,10-13H2,1-4H3,(H,28,31). The first-order valence-corrected chi connectivity index (χ1v) is 11.3. The van der Waals surface area contributed by atoms with E-state index >= 15 is 0 Å². The molecule has 0 radical (unpaired) electrons. The SMILES string of the molecule is COc1cccc(N2CCN(C(=O)c3cc(NC(=O)C(C)C)cc4nc(C)ccc34)CC2)c1. The number of piperazine rings is 1. The minimum absolute atomic E-state index is 0.0448. The lowest BCUT2D eigenvalue weighted by Gasteiger charge is -2.36. The van der Waals surface area contributed by atoms with E-state index in [-0.39, 0.29) is 17.7 Å². The van der Waals surface area contributed by atoms with Gasteiger partial charge in [-0.1, -0.05) is 26.0 Å². The van der Waals surface area contributed by atoms with Crippen LogP contribution in [-0.2, 0) is 4.79 Å². The van der Waals surface area contributed by atoms with Crippen LogP contribution < -0.4 is 15.0 Å². The second kappa shape index (κ2) is 9.48. The van der Waals surface area contributed by atoms with Crippen LogP contribution in [0.5, 0.6) is 5.75 Å². The summed E-state index contributed by atoms with van der Waals surface area (Å²) in [6.07, 6.45) is 0. The van der Waals surface area contributed by atoms with Crippen molar-refractivity contribution in [3.8, 4) is 5.75 Å². The second-order valence-electron chi connectivity index (χ2n) is 8.67. The number of aromatic nitrogens is 1. The van der Waals surface area contributed by atoms with Gasteiger partial charge in [0.05, 0.1) is 18.2 Å². The van der Waals surface area contributed by atoms with Crippen LogP contribution in [0, 0.1) is 12.8 Å². The van der Waals surface area contributed by atoms with Gasteiger partial charge in [-0.05, 0) is 37.3 Å². The van der Waals surface area contributed by atoms with E-state index in [9.17, 15) is 9.59 Å². The summed E-state index contributed by atoms with van der Waals surface area (Å²) in [6, 6.07) is 15.4. The molecule has 0 saturated carbocycles. The predicted molar refractivity (Wildman–Crippen MR) is 131 cm³/mol. The van der Waals surface area contributed by atoms with Crippen LogP contribution in [0.2, 0.25) is 0 Å². The molecule has 0 unspecified atom stereocenters. The number of nitrogens with zero attached hydrogens (tertiary/aromatic N) is 3. The van der Waals surface area contributed by atoms with Gasteiger partial charge in [0, 0.05) is 60.6 Å². The van der Waals surface area contributed by atoms with Crippen molar-refractivity contribution in [3.63, 3.8) is 0 Å². The predicted octanol–water partition coefficient (Wildman–Crippen LogP) is 4.11. The monoisotopic (exact) mass is 446 g/mol. The van der Waals surface area contributed by atoms with Crippen molar-refractivity contribution < 1.29 is 14.3 Å². The number of hydrogen-bond acceptors (Lipinski definition) is 5. The highest BCUT2D eigenvalue weighted by Gasteiger charge is 2.25. The highest BCUT2D eigenvalue weighted by Crippen LogP contribution is 2.27. The topological polar surface area (TPSA) is 74.8 Å². The highest BCUT2D eigenvalue weighted by atomic mass is 16.5. The molecule has 0 spiro atoms. The van der Waals surface area contributed by atoms with Crippen molar-refractivity contribution in [3.05, 3.63) is 59.8 Å². The molecule has 3 aromatic rings. The number of pyridine rings is 1. The molecule has 0 bridgehead atoms. The van der Waals surface area contributed by atoms with Gasteiger partial charge in [0.15, 0.2) is 0 Å². The van der Waals surface area contributed by atoms with Crippen LogP contribution in [0.25, 0.3) is 10.9 Å². The van der Waals surface area contributed by atoms with Gasteiger partial charge in [-0.25, -0.2) is 0 Å². The average molecular weight is 447 g/mol. The summed E-state index contributed by atoms with van der Waals surface area (Å²) in [7, 11) is 1.66. The van der Waals surface area contributed by atoms with Gasteiger partial charge in [0.25, 0.3) is 5.91 Å². The third-order valence-electron chi connectivity index (χ3n) is 5.95. The Morgan fingerprint density at radius 3 is 2.48 bits per heavy atom. The van der Waals surface area contributed by atoms with Crippen molar-refractivity contribution >= 4 is 34.1 Å². The summed E-state index contributed by atoms with van der Waals surface area (Å²) < 4.78 is 5.34. The van der Waals surface area contributed by atoms with Gasteiger partial charge < -0.3 is 19.9 Å². The molecule has 1 aromatic heterocycles. The molecule has 4 rings (SSSR count). The minimum Gasteiger partial charge on any atom is -0.497 e. The molecule has 1 aliphatic heterocycles. The molecule has 1 saturated heterocycles. The Hall–Kier alpha value is -3.61. The molecule has 2 aromatic carbocycles. The number of benzene rings is 2. The summed E-state index contributed by atoms with van der Waals surface area (Å²) in [5, 5.41) is 3.72. The van der Waals surface area contributed by atoms with Crippen molar-refractivity contribution in [1.82, 2.24) is 9.88 Å². The molecule has 1 aliphatic rings. The van der Waals surface area contributed by atoms with E-state index in [1.165, 1.54) is 0 Å². The number of ether oxygens (including phenoxy) is 1. The van der Waals surface area contributed by atoms with Gasteiger partial charge in [-0.2, -0.15) is 0 Å². The summed E-state index contributed by atoms with van der Waals surface area (Å²) in [4.78, 5) is 34.6. The first-order chi connectivity index (χ1) is 15.9. The van der Waals surface area contributed by atoms with Gasteiger partial charge in [0.2, 0.25) is 5.91 Å². The zero-order valence-electron chi connectivity index (χ0n) is 19.6. The lowest BCUT2D eigenvalue weighted by atomic mass is 10.0. The molecule has 7 nitrogen and oxygen atoms in total. The normalized spacial score (nSPS) is 14.0. The number of aryl methyl sites for hydroxylation is 1. The maximum atomic E-state index is 13.6. The number of nitrogens with one attached hydrogen (secondary N) is 1. The molecule has 1 N–H and O–H groups in total. The molecule has 1 fully saturated rings. The van der Waals surface area contributed by atoms with E-state index in [2.05, 4.69) is 21.3 Å². The molecule has 0 aliphatic carbocycles. The van der Waals surface area contributed by atoms with Gasteiger partial charge >= 0.3 is 0 Å². The molecule has 2 heterocycles. The largest absolute Gasteiger partial charge is 0.497 e. The van der Waals surface area contributed by atoms with E-state index in [4.69, 9.17) is 4.74 Å². The lowest BCUT2D eigenvalue weighted by molar-refractivity contribution is -0.118. The Morgan fingerprint density at radius 2 is 1.79 bits per heavy atom. The van der Waals surface area contributed by atoms with Crippen LogP contribution in [0.4, 0.5) is 11.4 Å². The van der Waals surface area contributed by atoms with Crippen molar-refractivity contribution in [2.45, 2.75) is 20.8 Å². The number of rotatable bonds is 5. The zero-order valence-corrected chi connectivity index (χ0v) is 19.6. The van der Waals surface area contributed by atoms with E-state index in [0.29, 0.717) is 29.9 Å². The number of hydrogen-bond donors (Lipinski definition) is 1. The molecular formula is C26H30N4O3. The van der Waals surface area contributed by atoms with E-state index in [1.807, 2.05) is 62.1 Å². The fraction of sp³-hybridized carbons (Fsp3) is 0.346. The van der Waals surface area contributed by atoms with Gasteiger partial charge in [0.1, 0.15) is 5.75 Å². The van der Waals surface area contributed by atoms with Crippen LogP contribution in [-0.4, -0.2) is 55.0 Å². The van der Waals surface area contributed by atoms with E-state index < -0.39 is 0 Å². The third-order valence-corrected chi connectivity index (χ3v) is 5.95. The maximum Gasteiger partial charge on any atom is 0.254 e. The number of methoxy groups -OCH3 is 1. The van der Waals surface area contributed by atoms with Crippen LogP contribution in [0.15, 0.2) is 48.5 Å². The number of fused-ring (bicyclic) bond motifs is 1. The number of amides is 2. The Morgan fingerprint density at radius 1 is 1.03 bits per heavy atom.